The Hall–Kier alpha value is -3.14. The van der Waals surface area contributed by atoms with Crippen LogP contribution < -0.4 is 5.43 Å². The molecule has 2 aromatic rings. The summed E-state index contributed by atoms with van der Waals surface area (Å²) in [4.78, 5) is 22.9. The van der Waals surface area contributed by atoms with E-state index in [0.29, 0.717) is 22.2 Å². The minimum atomic E-state index is -0.535. The first-order chi connectivity index (χ1) is 12.5. The Morgan fingerprint density at radius 2 is 2.27 bits per heavy atom. The molecule has 0 unspecified atom stereocenters. The SMILES string of the molecule is CCOC(=O)/C(=C/c1cccc([N+](=O)[O-])c1)C1=CSc2nnc(C)n2N1. The highest BCUT2D eigenvalue weighted by atomic mass is 32.2. The van der Waals surface area contributed by atoms with E-state index in [9.17, 15) is 14.9 Å². The number of ether oxygens (including phenoxy) is 1. The number of aryl methyl sites for hydroxylation is 1. The van der Waals surface area contributed by atoms with Gasteiger partial charge < -0.3 is 4.74 Å². The highest BCUT2D eigenvalue weighted by Gasteiger charge is 2.22. The summed E-state index contributed by atoms with van der Waals surface area (Å²) in [5.41, 5.74) is 4.27. The minimum Gasteiger partial charge on any atom is -0.462 e. The molecule has 3 rings (SSSR count). The third-order valence-electron chi connectivity index (χ3n) is 3.49. The van der Waals surface area contributed by atoms with E-state index < -0.39 is 10.9 Å². The maximum atomic E-state index is 12.4. The number of benzene rings is 1. The van der Waals surface area contributed by atoms with Gasteiger partial charge in [0.1, 0.15) is 5.82 Å². The number of thioether (sulfide) groups is 1. The molecule has 0 radical (unpaired) electrons. The second-order valence-electron chi connectivity index (χ2n) is 5.26. The van der Waals surface area contributed by atoms with Crippen LogP contribution in [0.1, 0.15) is 18.3 Å². The van der Waals surface area contributed by atoms with Gasteiger partial charge in [-0.25, -0.2) is 9.47 Å². The average Bonchev–Trinajstić information content (AvgIpc) is 3.00. The van der Waals surface area contributed by atoms with Crippen LogP contribution in [0.25, 0.3) is 6.08 Å². The molecule has 10 heteroatoms. The first-order valence-corrected chi connectivity index (χ1v) is 8.57. The van der Waals surface area contributed by atoms with Crippen LogP contribution in [0.3, 0.4) is 0 Å². The number of hydrogen-bond donors (Lipinski definition) is 1. The van der Waals surface area contributed by atoms with Crippen LogP contribution >= 0.6 is 11.8 Å². The molecule has 0 saturated heterocycles. The molecule has 134 valence electrons. The van der Waals surface area contributed by atoms with Crippen molar-refractivity contribution in [3.8, 4) is 0 Å². The van der Waals surface area contributed by atoms with Gasteiger partial charge in [0.05, 0.1) is 22.8 Å². The summed E-state index contributed by atoms with van der Waals surface area (Å²) in [7, 11) is 0. The number of nitro groups is 1. The van der Waals surface area contributed by atoms with E-state index >= 15 is 0 Å². The Kier molecular flexibility index (Phi) is 5.03. The fourth-order valence-corrected chi connectivity index (χ4v) is 3.05. The van der Waals surface area contributed by atoms with E-state index in [0.717, 1.165) is 0 Å². The molecule has 1 aromatic carbocycles. The molecule has 0 spiro atoms. The van der Waals surface area contributed by atoms with E-state index in [1.807, 2.05) is 0 Å². The molecule has 1 aliphatic heterocycles. The predicted molar refractivity (Wildman–Crippen MR) is 95.8 cm³/mol. The number of carbonyl (C=O) groups is 1. The maximum Gasteiger partial charge on any atom is 0.340 e. The van der Waals surface area contributed by atoms with Crippen molar-refractivity contribution in [3.63, 3.8) is 0 Å². The zero-order chi connectivity index (χ0) is 18.7. The maximum absolute atomic E-state index is 12.4. The van der Waals surface area contributed by atoms with Crippen molar-refractivity contribution in [1.29, 1.82) is 0 Å². The van der Waals surface area contributed by atoms with E-state index in [2.05, 4.69) is 15.6 Å². The number of nitro benzene ring substituents is 1. The van der Waals surface area contributed by atoms with Crippen molar-refractivity contribution in [1.82, 2.24) is 14.9 Å². The molecule has 9 nitrogen and oxygen atoms in total. The predicted octanol–water partition coefficient (Wildman–Crippen LogP) is 2.63. The van der Waals surface area contributed by atoms with Crippen LogP contribution in [0.2, 0.25) is 0 Å². The van der Waals surface area contributed by atoms with Crippen LogP contribution in [0, 0.1) is 17.0 Å². The number of hydrogen-bond acceptors (Lipinski definition) is 8. The molecular formula is C16H15N5O4S. The number of fused-ring (bicyclic) bond motifs is 1. The third-order valence-corrected chi connectivity index (χ3v) is 4.32. The molecule has 1 N–H and O–H groups in total. The van der Waals surface area contributed by atoms with Crippen LogP contribution in [0.4, 0.5) is 5.69 Å². The molecule has 0 bridgehead atoms. The highest BCUT2D eigenvalue weighted by Crippen LogP contribution is 2.28. The number of carbonyl (C=O) groups excluding carboxylic acids is 1. The summed E-state index contributed by atoms with van der Waals surface area (Å²) in [6.45, 7) is 3.70. The Labute approximate surface area is 152 Å². The summed E-state index contributed by atoms with van der Waals surface area (Å²) in [6, 6.07) is 6.03. The second kappa shape index (κ2) is 7.40. The van der Waals surface area contributed by atoms with Gasteiger partial charge in [0.25, 0.3) is 5.69 Å². The Morgan fingerprint density at radius 3 is 3.00 bits per heavy atom. The molecule has 1 aliphatic rings. The molecule has 0 fully saturated rings. The third kappa shape index (κ3) is 3.59. The molecular weight excluding hydrogens is 358 g/mol. The Balaban J connectivity index is 1.99. The summed E-state index contributed by atoms with van der Waals surface area (Å²) >= 11 is 1.31. The van der Waals surface area contributed by atoms with Crippen molar-refractivity contribution in [2.24, 2.45) is 0 Å². The lowest BCUT2D eigenvalue weighted by Crippen LogP contribution is -2.24. The first-order valence-electron chi connectivity index (χ1n) is 7.69. The summed E-state index contributed by atoms with van der Waals surface area (Å²) in [5, 5.41) is 21.3. The van der Waals surface area contributed by atoms with E-state index in [-0.39, 0.29) is 17.9 Å². The van der Waals surface area contributed by atoms with E-state index in [1.165, 1.54) is 23.9 Å². The van der Waals surface area contributed by atoms with Gasteiger partial charge in [0.2, 0.25) is 5.16 Å². The minimum absolute atomic E-state index is 0.0566. The normalized spacial score (nSPS) is 13.5. The number of nitrogens with zero attached hydrogens (tertiary/aromatic N) is 4. The van der Waals surface area contributed by atoms with Gasteiger partial charge >= 0.3 is 5.97 Å². The quantitative estimate of drug-likeness (QED) is 0.368. The van der Waals surface area contributed by atoms with Gasteiger partial charge in [0.15, 0.2) is 0 Å². The van der Waals surface area contributed by atoms with Crippen molar-refractivity contribution in [3.05, 3.63) is 62.4 Å². The Bertz CT molecular complexity index is 934. The van der Waals surface area contributed by atoms with Gasteiger partial charge in [-0.3, -0.25) is 15.5 Å². The fraction of sp³-hybridized carbons (Fsp3) is 0.188. The number of aromatic nitrogens is 3. The largest absolute Gasteiger partial charge is 0.462 e. The summed E-state index contributed by atoms with van der Waals surface area (Å²) in [6.07, 6.45) is 1.55. The van der Waals surface area contributed by atoms with Gasteiger partial charge in [-0.15, -0.1) is 10.2 Å². The van der Waals surface area contributed by atoms with Crippen molar-refractivity contribution >= 4 is 29.5 Å². The molecule has 26 heavy (non-hydrogen) atoms. The van der Waals surface area contributed by atoms with Gasteiger partial charge in [-0.2, -0.15) is 0 Å². The highest BCUT2D eigenvalue weighted by molar-refractivity contribution is 8.02. The van der Waals surface area contributed by atoms with Crippen molar-refractivity contribution in [2.45, 2.75) is 19.0 Å². The van der Waals surface area contributed by atoms with Gasteiger partial charge in [-0.05, 0) is 25.5 Å². The number of nitrogens with one attached hydrogen (secondary N) is 1. The van der Waals surface area contributed by atoms with E-state index in [4.69, 9.17) is 4.74 Å². The zero-order valence-electron chi connectivity index (χ0n) is 14.0. The lowest BCUT2D eigenvalue weighted by molar-refractivity contribution is -0.384. The number of rotatable bonds is 5. The smallest absolute Gasteiger partial charge is 0.340 e. The Morgan fingerprint density at radius 1 is 1.46 bits per heavy atom. The van der Waals surface area contributed by atoms with Crippen molar-refractivity contribution < 1.29 is 14.5 Å². The van der Waals surface area contributed by atoms with Crippen LogP contribution in [-0.4, -0.2) is 32.4 Å². The van der Waals surface area contributed by atoms with Gasteiger partial charge in [-0.1, -0.05) is 23.9 Å². The van der Waals surface area contributed by atoms with Crippen molar-refractivity contribution in [2.75, 3.05) is 12.0 Å². The van der Waals surface area contributed by atoms with E-state index in [1.54, 1.807) is 42.1 Å². The molecule has 2 heterocycles. The monoisotopic (exact) mass is 373 g/mol. The molecule has 0 aliphatic carbocycles. The summed E-state index contributed by atoms with van der Waals surface area (Å²) in [5.74, 6) is 0.101. The molecule has 1 aromatic heterocycles. The average molecular weight is 373 g/mol. The fourth-order valence-electron chi connectivity index (χ4n) is 2.28. The lowest BCUT2D eigenvalue weighted by atomic mass is 10.1. The molecule has 0 amide bonds. The van der Waals surface area contributed by atoms with Crippen LogP contribution in [-0.2, 0) is 9.53 Å². The standard InChI is InChI=1S/C16H15N5O4S/c1-3-25-15(22)13(8-11-5-4-6-12(7-11)21(23)24)14-9-26-16-18-17-10(2)20(16)19-14/h4-9,19H,3H2,1-2H3/b13-8+. The summed E-state index contributed by atoms with van der Waals surface area (Å²) < 4.78 is 6.79. The zero-order valence-corrected chi connectivity index (χ0v) is 14.8. The van der Waals surface area contributed by atoms with Crippen LogP contribution in [0.5, 0.6) is 0 Å². The van der Waals surface area contributed by atoms with Gasteiger partial charge in [0, 0.05) is 17.5 Å². The number of non-ortho nitro benzene ring substituents is 1. The van der Waals surface area contributed by atoms with Crippen LogP contribution in [0.15, 0.2) is 46.1 Å². The molecule has 0 atom stereocenters. The number of esters is 1. The lowest BCUT2D eigenvalue weighted by Gasteiger charge is -2.19. The topological polar surface area (TPSA) is 112 Å². The second-order valence-corrected chi connectivity index (χ2v) is 6.09. The molecule has 0 saturated carbocycles. The first kappa shape index (κ1) is 17.7.